The predicted molar refractivity (Wildman–Crippen MR) is 131 cm³/mol. The average molecular weight is 423 g/mol. The summed E-state index contributed by atoms with van der Waals surface area (Å²) in [5.41, 5.74) is 7.61. The summed E-state index contributed by atoms with van der Waals surface area (Å²) in [5.74, 6) is 0.540. The zero-order valence-corrected chi connectivity index (χ0v) is 18.9. The highest BCUT2D eigenvalue weighted by molar-refractivity contribution is 5.86. The van der Waals surface area contributed by atoms with Gasteiger partial charge in [0.2, 0.25) is 5.91 Å². The number of fused-ring (bicyclic) bond motifs is 1. The van der Waals surface area contributed by atoms with Crippen LogP contribution in [0.2, 0.25) is 0 Å². The van der Waals surface area contributed by atoms with E-state index in [1.807, 2.05) is 4.90 Å². The van der Waals surface area contributed by atoms with E-state index in [9.17, 15) is 4.79 Å². The highest BCUT2D eigenvalue weighted by Crippen LogP contribution is 2.35. The van der Waals surface area contributed by atoms with E-state index >= 15 is 0 Å². The molecule has 32 heavy (non-hydrogen) atoms. The monoisotopic (exact) mass is 422 g/mol. The number of nitrogens with zero attached hydrogens (tertiary/aromatic N) is 2. The van der Waals surface area contributed by atoms with Crippen LogP contribution in [0.4, 0.5) is 0 Å². The van der Waals surface area contributed by atoms with Crippen molar-refractivity contribution in [3.05, 3.63) is 107 Å². The van der Waals surface area contributed by atoms with E-state index in [1.54, 1.807) is 0 Å². The molecule has 3 nitrogen and oxygen atoms in total. The van der Waals surface area contributed by atoms with Gasteiger partial charge in [0, 0.05) is 43.2 Å². The van der Waals surface area contributed by atoms with Gasteiger partial charge in [0.15, 0.2) is 0 Å². The molecule has 3 heteroatoms. The van der Waals surface area contributed by atoms with Crippen molar-refractivity contribution in [1.82, 2.24) is 9.47 Å². The van der Waals surface area contributed by atoms with Gasteiger partial charge < -0.3 is 9.47 Å². The molecule has 0 spiro atoms. The minimum Gasteiger partial charge on any atom is -0.343 e. The van der Waals surface area contributed by atoms with Crippen LogP contribution in [0.15, 0.2) is 79.0 Å². The number of benzene rings is 3. The second-order valence-electron chi connectivity index (χ2n) is 9.21. The van der Waals surface area contributed by atoms with Crippen LogP contribution in [-0.2, 0) is 17.9 Å². The number of para-hydroxylation sites is 1. The Morgan fingerprint density at radius 1 is 0.844 bits per heavy atom. The van der Waals surface area contributed by atoms with Gasteiger partial charge in [-0.1, -0.05) is 77.9 Å². The van der Waals surface area contributed by atoms with Gasteiger partial charge in [0.25, 0.3) is 0 Å². The fraction of sp³-hybridized carbons (Fsp3) is 0.276. The molecular formula is C29H30N2O. The molecule has 5 rings (SSSR count). The summed E-state index contributed by atoms with van der Waals surface area (Å²) in [6.45, 7) is 6.61. The lowest BCUT2D eigenvalue weighted by molar-refractivity contribution is -0.134. The van der Waals surface area contributed by atoms with Crippen molar-refractivity contribution in [3.8, 4) is 0 Å². The number of hydrogen-bond donors (Lipinski definition) is 0. The first-order chi connectivity index (χ1) is 15.6. The van der Waals surface area contributed by atoms with Crippen molar-refractivity contribution >= 4 is 16.8 Å². The normalized spacial score (nSPS) is 16.6. The number of piperidine rings is 1. The second-order valence-corrected chi connectivity index (χ2v) is 9.21. The number of carbonyl (C=O) groups excluding carboxylic acids is 1. The molecule has 0 aliphatic carbocycles. The Kier molecular flexibility index (Phi) is 5.57. The Balaban J connectivity index is 1.38. The molecule has 1 atom stereocenters. The SMILES string of the molecule is Cc1cccc(CN2CCC(c3cn(Cc4cccc(C)c4)c4ccccc34)CC2=O)c1. The third-order valence-electron chi connectivity index (χ3n) is 6.67. The molecule has 0 radical (unpaired) electrons. The number of carbonyl (C=O) groups is 1. The highest BCUT2D eigenvalue weighted by atomic mass is 16.2. The fourth-order valence-corrected chi connectivity index (χ4v) is 5.08. The van der Waals surface area contributed by atoms with Crippen molar-refractivity contribution in [2.24, 2.45) is 0 Å². The van der Waals surface area contributed by atoms with Gasteiger partial charge in [-0.15, -0.1) is 0 Å². The van der Waals surface area contributed by atoms with Gasteiger partial charge in [-0.3, -0.25) is 4.79 Å². The third kappa shape index (κ3) is 4.20. The first-order valence-electron chi connectivity index (χ1n) is 11.5. The molecule has 3 aromatic carbocycles. The van der Waals surface area contributed by atoms with Crippen LogP contribution in [0.1, 0.15) is 46.6 Å². The second kappa shape index (κ2) is 8.66. The van der Waals surface area contributed by atoms with E-state index in [2.05, 4.69) is 97.4 Å². The van der Waals surface area contributed by atoms with Gasteiger partial charge in [-0.2, -0.15) is 0 Å². The largest absolute Gasteiger partial charge is 0.343 e. The molecule has 162 valence electrons. The van der Waals surface area contributed by atoms with Crippen LogP contribution in [0.25, 0.3) is 10.9 Å². The Labute approximate surface area is 190 Å². The minimum absolute atomic E-state index is 0.262. The van der Waals surface area contributed by atoms with Crippen LogP contribution in [0.5, 0.6) is 0 Å². The van der Waals surface area contributed by atoms with Gasteiger partial charge >= 0.3 is 0 Å². The Morgan fingerprint density at radius 2 is 1.53 bits per heavy atom. The van der Waals surface area contributed by atoms with Crippen molar-refractivity contribution in [1.29, 1.82) is 0 Å². The predicted octanol–water partition coefficient (Wildman–Crippen LogP) is 6.21. The number of rotatable bonds is 5. The minimum atomic E-state index is 0.262. The molecule has 1 aromatic heterocycles. The molecule has 2 heterocycles. The summed E-state index contributed by atoms with van der Waals surface area (Å²) in [6.07, 6.45) is 3.89. The standard InChI is InChI=1S/C29H30N2O/c1-21-7-5-9-23(15-21)18-30-14-13-25(17-29(30)32)27-20-31(28-12-4-3-11-26(27)28)19-24-10-6-8-22(2)16-24/h3-12,15-16,20,25H,13-14,17-19H2,1-2H3. The van der Waals surface area contributed by atoms with Gasteiger partial charge in [0.1, 0.15) is 0 Å². The lowest BCUT2D eigenvalue weighted by Gasteiger charge is -2.32. The zero-order chi connectivity index (χ0) is 22.1. The third-order valence-corrected chi connectivity index (χ3v) is 6.67. The molecule has 0 saturated carbocycles. The van der Waals surface area contributed by atoms with Crippen molar-refractivity contribution < 1.29 is 4.79 Å². The molecule has 1 unspecified atom stereocenters. The summed E-state index contributed by atoms with van der Waals surface area (Å²) in [6, 6.07) is 25.8. The molecule has 1 amide bonds. The number of amides is 1. The summed E-state index contributed by atoms with van der Waals surface area (Å²) < 4.78 is 2.35. The van der Waals surface area contributed by atoms with Crippen LogP contribution >= 0.6 is 0 Å². The van der Waals surface area contributed by atoms with Crippen LogP contribution in [-0.4, -0.2) is 21.9 Å². The van der Waals surface area contributed by atoms with E-state index in [-0.39, 0.29) is 11.8 Å². The zero-order valence-electron chi connectivity index (χ0n) is 18.9. The number of aryl methyl sites for hydroxylation is 2. The molecule has 1 aliphatic rings. The van der Waals surface area contributed by atoms with Crippen molar-refractivity contribution in [2.75, 3.05) is 6.54 Å². The lowest BCUT2D eigenvalue weighted by atomic mass is 9.88. The molecule has 0 N–H and O–H groups in total. The summed E-state index contributed by atoms with van der Waals surface area (Å²) in [7, 11) is 0. The van der Waals surface area contributed by atoms with Gasteiger partial charge in [0.05, 0.1) is 0 Å². The highest BCUT2D eigenvalue weighted by Gasteiger charge is 2.29. The van der Waals surface area contributed by atoms with E-state index in [0.29, 0.717) is 13.0 Å². The maximum absolute atomic E-state index is 13.1. The molecule has 1 fully saturated rings. The van der Waals surface area contributed by atoms with E-state index < -0.39 is 0 Å². The molecular weight excluding hydrogens is 392 g/mol. The lowest BCUT2D eigenvalue weighted by Crippen LogP contribution is -2.37. The van der Waals surface area contributed by atoms with Crippen LogP contribution < -0.4 is 0 Å². The molecule has 1 saturated heterocycles. The molecule has 0 bridgehead atoms. The summed E-state index contributed by atoms with van der Waals surface area (Å²) in [4.78, 5) is 15.1. The Hall–Kier alpha value is -3.33. The van der Waals surface area contributed by atoms with Gasteiger partial charge in [-0.25, -0.2) is 0 Å². The number of aromatic nitrogens is 1. The maximum Gasteiger partial charge on any atom is 0.223 e. The summed E-state index contributed by atoms with van der Waals surface area (Å²) in [5, 5.41) is 1.28. The first kappa shape index (κ1) is 20.6. The van der Waals surface area contributed by atoms with Crippen molar-refractivity contribution in [2.45, 2.75) is 45.7 Å². The smallest absolute Gasteiger partial charge is 0.223 e. The molecule has 1 aliphatic heterocycles. The quantitative estimate of drug-likeness (QED) is 0.375. The van der Waals surface area contributed by atoms with E-state index in [0.717, 1.165) is 19.5 Å². The topological polar surface area (TPSA) is 25.2 Å². The van der Waals surface area contributed by atoms with Crippen LogP contribution in [0.3, 0.4) is 0 Å². The molecule has 4 aromatic rings. The van der Waals surface area contributed by atoms with E-state index in [4.69, 9.17) is 0 Å². The van der Waals surface area contributed by atoms with Crippen LogP contribution in [0, 0.1) is 13.8 Å². The van der Waals surface area contributed by atoms with Gasteiger partial charge in [-0.05, 0) is 48.9 Å². The number of hydrogen-bond acceptors (Lipinski definition) is 1. The summed E-state index contributed by atoms with van der Waals surface area (Å²) >= 11 is 0. The Bertz CT molecular complexity index is 1270. The van der Waals surface area contributed by atoms with Crippen molar-refractivity contribution in [3.63, 3.8) is 0 Å². The number of likely N-dealkylation sites (tertiary alicyclic amines) is 1. The first-order valence-corrected chi connectivity index (χ1v) is 11.5. The maximum atomic E-state index is 13.1. The Morgan fingerprint density at radius 3 is 2.22 bits per heavy atom. The fourth-order valence-electron chi connectivity index (χ4n) is 5.08. The van der Waals surface area contributed by atoms with E-state index in [1.165, 1.54) is 38.7 Å². The average Bonchev–Trinajstić information content (AvgIpc) is 3.14.